The third-order valence-corrected chi connectivity index (χ3v) is 6.01. The van der Waals surface area contributed by atoms with Crippen molar-refractivity contribution in [1.29, 1.82) is 0 Å². The Kier molecular flexibility index (Phi) is 13.2. The fraction of sp³-hybridized carbons (Fsp3) is 0.536. The van der Waals surface area contributed by atoms with Crippen LogP contribution in [0.25, 0.3) is 0 Å². The van der Waals surface area contributed by atoms with Crippen LogP contribution in [0.5, 0.6) is 0 Å². The van der Waals surface area contributed by atoms with E-state index < -0.39 is 6.23 Å². The molecule has 0 aromatic heterocycles. The van der Waals surface area contributed by atoms with Crippen molar-refractivity contribution in [1.82, 2.24) is 25.6 Å². The minimum Gasteiger partial charge on any atom is -0.382 e. The Morgan fingerprint density at radius 1 is 1.29 bits per heavy atom. The molecule has 7 nitrogen and oxygen atoms in total. The van der Waals surface area contributed by atoms with E-state index in [1.807, 2.05) is 39.4 Å². The molecule has 0 saturated heterocycles. The van der Waals surface area contributed by atoms with Crippen molar-refractivity contribution in [3.05, 3.63) is 71.1 Å². The number of aliphatic imine (C=N–C) groups is 1. The van der Waals surface area contributed by atoms with Gasteiger partial charge >= 0.3 is 0 Å². The van der Waals surface area contributed by atoms with Crippen molar-refractivity contribution >= 4 is 6.34 Å². The Bertz CT molecular complexity index is 878. The second-order valence-electron chi connectivity index (χ2n) is 8.91. The summed E-state index contributed by atoms with van der Waals surface area (Å²) in [6, 6.07) is 0. The molecule has 0 fully saturated rings. The molecule has 1 heterocycles. The van der Waals surface area contributed by atoms with Gasteiger partial charge in [-0.25, -0.2) is 10.0 Å². The van der Waals surface area contributed by atoms with Crippen molar-refractivity contribution in [2.75, 3.05) is 27.7 Å². The van der Waals surface area contributed by atoms with Crippen molar-refractivity contribution in [2.45, 2.75) is 67.0 Å². The summed E-state index contributed by atoms with van der Waals surface area (Å²) in [6.45, 7) is 17.4. The van der Waals surface area contributed by atoms with E-state index >= 15 is 0 Å². The maximum atomic E-state index is 9.97. The highest BCUT2D eigenvalue weighted by atomic mass is 16.3. The average Bonchev–Trinajstić information content (AvgIpc) is 3.05. The summed E-state index contributed by atoms with van der Waals surface area (Å²) in [5.41, 5.74) is 5.70. The molecule has 196 valence electrons. The normalized spacial score (nSPS) is 18.6. The molecule has 0 spiro atoms. The Labute approximate surface area is 213 Å². The quantitative estimate of drug-likeness (QED) is 0.0846. The topological polar surface area (TPSA) is 66.4 Å². The number of aliphatic hydroxyl groups excluding tert-OH is 1. The van der Waals surface area contributed by atoms with Crippen LogP contribution in [-0.2, 0) is 0 Å². The van der Waals surface area contributed by atoms with Gasteiger partial charge in [-0.2, -0.15) is 0 Å². The van der Waals surface area contributed by atoms with Crippen LogP contribution in [0.2, 0.25) is 0 Å². The predicted molar refractivity (Wildman–Crippen MR) is 150 cm³/mol. The molecule has 0 aromatic rings. The maximum Gasteiger partial charge on any atom is 0.125 e. The van der Waals surface area contributed by atoms with Gasteiger partial charge in [0.15, 0.2) is 0 Å². The smallest absolute Gasteiger partial charge is 0.125 e. The van der Waals surface area contributed by atoms with Crippen LogP contribution in [0.15, 0.2) is 76.1 Å². The van der Waals surface area contributed by atoms with E-state index in [0.717, 1.165) is 36.5 Å². The highest BCUT2D eigenvalue weighted by molar-refractivity contribution is 5.66. The summed E-state index contributed by atoms with van der Waals surface area (Å²) in [4.78, 5) is 6.76. The molecule has 0 saturated carbocycles. The van der Waals surface area contributed by atoms with Crippen molar-refractivity contribution in [3.8, 4) is 0 Å². The van der Waals surface area contributed by atoms with Gasteiger partial charge in [0.1, 0.15) is 18.4 Å². The first-order valence-corrected chi connectivity index (χ1v) is 12.7. The Hall–Kier alpha value is -2.77. The third kappa shape index (κ3) is 9.42. The van der Waals surface area contributed by atoms with Crippen molar-refractivity contribution in [2.24, 2.45) is 10.9 Å². The standard InChI is InChI=1S/C28H48N6O/c1-11-24(19-33(10)32(8)9)27(13-3)34(20-30-23(7)31-28(35)14-4)26(12-2)22(6)25-18-21(5)16-15-17-29-25/h13,15-16,18-21,28-29,31,35H,7,11-12,14,17H2,1-6,8-10H3/b24-19+,26-22+,27-13-,30-20?. The minimum absolute atomic E-state index is 0.357. The molecule has 35 heavy (non-hydrogen) atoms. The number of allylic oxidation sites excluding steroid dienone is 6. The van der Waals surface area contributed by atoms with Gasteiger partial charge in [-0.3, -0.25) is 0 Å². The molecular weight excluding hydrogens is 436 g/mol. The molecule has 0 aromatic carbocycles. The number of hydrazine groups is 1. The number of nitrogens with one attached hydrogen (secondary N) is 2. The first-order chi connectivity index (χ1) is 16.6. The number of hydrogen-bond donors (Lipinski definition) is 3. The minimum atomic E-state index is -0.675. The zero-order chi connectivity index (χ0) is 26.5. The van der Waals surface area contributed by atoms with Gasteiger partial charge in [-0.15, -0.1) is 0 Å². The van der Waals surface area contributed by atoms with Crippen LogP contribution in [-0.4, -0.2) is 60.3 Å². The van der Waals surface area contributed by atoms with Crippen LogP contribution in [0.3, 0.4) is 0 Å². The fourth-order valence-electron chi connectivity index (χ4n) is 3.75. The molecule has 2 atom stereocenters. The first kappa shape index (κ1) is 30.3. The third-order valence-electron chi connectivity index (χ3n) is 6.01. The van der Waals surface area contributed by atoms with Gasteiger partial charge in [-0.05, 0) is 50.2 Å². The lowest BCUT2D eigenvalue weighted by molar-refractivity contribution is 0.115. The monoisotopic (exact) mass is 484 g/mol. The van der Waals surface area contributed by atoms with Gasteiger partial charge in [0.2, 0.25) is 0 Å². The van der Waals surface area contributed by atoms with E-state index in [2.05, 4.69) is 97.2 Å². The number of rotatable bonds is 13. The molecular formula is C28H48N6O. The number of hydrogen-bond acceptors (Lipinski definition) is 6. The SMILES string of the molecule is C=C(N=CN(C(=C\C)/C(=C/N(C)N(C)C)CC)/C(CC)=C(\C)C1=CC(C)C=CCN1)NC(O)CC. The second-order valence-corrected chi connectivity index (χ2v) is 8.91. The lowest BCUT2D eigenvalue weighted by Crippen LogP contribution is -2.30. The van der Waals surface area contributed by atoms with Gasteiger partial charge < -0.3 is 25.6 Å². The predicted octanol–water partition coefficient (Wildman–Crippen LogP) is 5.08. The fourth-order valence-corrected chi connectivity index (χ4v) is 3.75. The zero-order valence-corrected chi connectivity index (χ0v) is 23.4. The molecule has 0 aliphatic carbocycles. The summed E-state index contributed by atoms with van der Waals surface area (Å²) in [5, 5.41) is 20.6. The van der Waals surface area contributed by atoms with E-state index in [1.54, 1.807) is 0 Å². The molecule has 1 rings (SSSR count). The van der Waals surface area contributed by atoms with E-state index in [-0.39, 0.29) is 0 Å². The second kappa shape index (κ2) is 15.3. The zero-order valence-electron chi connectivity index (χ0n) is 23.4. The van der Waals surface area contributed by atoms with Crippen LogP contribution in [0.4, 0.5) is 0 Å². The molecule has 0 radical (unpaired) electrons. The summed E-state index contributed by atoms with van der Waals surface area (Å²) < 4.78 is 0. The molecule has 1 aliphatic heterocycles. The van der Waals surface area contributed by atoms with Crippen LogP contribution < -0.4 is 10.6 Å². The van der Waals surface area contributed by atoms with E-state index in [4.69, 9.17) is 0 Å². The van der Waals surface area contributed by atoms with Gasteiger partial charge in [0, 0.05) is 51.0 Å². The van der Waals surface area contributed by atoms with Crippen LogP contribution in [0, 0.1) is 5.92 Å². The summed E-state index contributed by atoms with van der Waals surface area (Å²) in [7, 11) is 6.08. The van der Waals surface area contributed by atoms with Gasteiger partial charge in [0.25, 0.3) is 0 Å². The highest BCUT2D eigenvalue weighted by Gasteiger charge is 2.20. The van der Waals surface area contributed by atoms with E-state index in [1.165, 1.54) is 11.1 Å². The summed E-state index contributed by atoms with van der Waals surface area (Å²) in [5.74, 6) is 0.778. The van der Waals surface area contributed by atoms with Crippen LogP contribution >= 0.6 is 0 Å². The maximum absolute atomic E-state index is 9.97. The number of nitrogens with zero attached hydrogens (tertiary/aromatic N) is 4. The molecule has 7 heteroatoms. The van der Waals surface area contributed by atoms with Gasteiger partial charge in [0.05, 0.1) is 0 Å². The van der Waals surface area contributed by atoms with E-state index in [0.29, 0.717) is 18.2 Å². The van der Waals surface area contributed by atoms with Crippen molar-refractivity contribution < 1.29 is 5.11 Å². The summed E-state index contributed by atoms with van der Waals surface area (Å²) in [6.07, 6.45) is 14.3. The Morgan fingerprint density at radius 3 is 2.51 bits per heavy atom. The first-order valence-electron chi connectivity index (χ1n) is 12.7. The highest BCUT2D eigenvalue weighted by Crippen LogP contribution is 2.28. The molecule has 2 unspecified atom stereocenters. The molecule has 1 aliphatic rings. The largest absolute Gasteiger partial charge is 0.382 e. The molecule has 3 N–H and O–H groups in total. The van der Waals surface area contributed by atoms with Gasteiger partial charge in [-0.1, -0.05) is 58.6 Å². The molecule has 0 amide bonds. The Morgan fingerprint density at radius 2 is 1.97 bits per heavy atom. The molecule has 0 bridgehead atoms. The van der Waals surface area contributed by atoms with Crippen molar-refractivity contribution in [3.63, 3.8) is 0 Å². The van der Waals surface area contributed by atoms with E-state index in [9.17, 15) is 5.11 Å². The number of aliphatic hydroxyl groups is 1. The lowest BCUT2D eigenvalue weighted by Gasteiger charge is -2.31. The Balaban J connectivity index is 3.64. The van der Waals surface area contributed by atoms with Crippen LogP contribution in [0.1, 0.15) is 60.8 Å². The average molecular weight is 485 g/mol. The lowest BCUT2D eigenvalue weighted by atomic mass is 10.0. The summed E-state index contributed by atoms with van der Waals surface area (Å²) >= 11 is 0.